The van der Waals surface area contributed by atoms with E-state index in [0.717, 1.165) is 43.4 Å². The number of aromatic nitrogens is 2. The van der Waals surface area contributed by atoms with E-state index in [0.29, 0.717) is 6.04 Å². The van der Waals surface area contributed by atoms with Crippen LogP contribution in [-0.2, 0) is 6.42 Å². The molecule has 0 bridgehead atoms. The number of nitrogens with one attached hydrogen (secondary N) is 1. The highest BCUT2D eigenvalue weighted by Gasteiger charge is 2.24. The molecule has 0 amide bonds. The van der Waals surface area contributed by atoms with Gasteiger partial charge in [0.25, 0.3) is 0 Å². The van der Waals surface area contributed by atoms with Gasteiger partial charge in [-0.1, -0.05) is 13.8 Å². The highest BCUT2D eigenvalue weighted by Crippen LogP contribution is 2.22. The summed E-state index contributed by atoms with van der Waals surface area (Å²) in [6.07, 6.45) is 3.32. The average Bonchev–Trinajstić information content (AvgIpc) is 2.97. The lowest BCUT2D eigenvalue weighted by molar-refractivity contribution is 0.623. The Bertz CT molecular complexity index is 320. The van der Waals surface area contributed by atoms with Gasteiger partial charge in [-0.05, 0) is 19.4 Å². The highest BCUT2D eigenvalue weighted by atomic mass is 32.1. The molecule has 1 aliphatic heterocycles. The molecule has 0 aromatic carbocycles. The number of hydrogen-bond donors (Lipinski definition) is 1. The molecule has 1 atom stereocenters. The third kappa shape index (κ3) is 2.52. The zero-order valence-electron chi connectivity index (χ0n) is 10.1. The van der Waals surface area contributed by atoms with Crippen LogP contribution in [-0.4, -0.2) is 35.0 Å². The van der Waals surface area contributed by atoms with Gasteiger partial charge in [-0.2, -0.15) is 4.37 Å². The summed E-state index contributed by atoms with van der Waals surface area (Å²) in [4.78, 5) is 7.03. The Balaban J connectivity index is 2.10. The van der Waals surface area contributed by atoms with E-state index in [1.807, 2.05) is 0 Å². The second kappa shape index (κ2) is 5.59. The molecule has 1 aromatic heterocycles. The third-order valence-electron chi connectivity index (χ3n) is 2.96. The summed E-state index contributed by atoms with van der Waals surface area (Å²) in [7, 11) is 0. The minimum absolute atomic E-state index is 0.609. The van der Waals surface area contributed by atoms with Crippen LogP contribution in [0.2, 0.25) is 0 Å². The Morgan fingerprint density at radius 1 is 1.50 bits per heavy atom. The van der Waals surface area contributed by atoms with E-state index in [2.05, 4.69) is 33.4 Å². The molecule has 16 heavy (non-hydrogen) atoms. The number of nitrogens with zero attached hydrogens (tertiary/aromatic N) is 3. The summed E-state index contributed by atoms with van der Waals surface area (Å²) in [5.74, 6) is 0.979. The van der Waals surface area contributed by atoms with Crippen LogP contribution < -0.4 is 10.2 Å². The molecule has 5 heteroatoms. The average molecular weight is 240 g/mol. The van der Waals surface area contributed by atoms with Crippen molar-refractivity contribution in [2.75, 3.05) is 24.5 Å². The Kier molecular flexibility index (Phi) is 4.12. The minimum Gasteiger partial charge on any atom is -0.343 e. The minimum atomic E-state index is 0.609. The normalized spacial score (nSPS) is 20.2. The molecule has 4 nitrogen and oxygen atoms in total. The maximum Gasteiger partial charge on any atom is 0.205 e. The van der Waals surface area contributed by atoms with E-state index < -0.39 is 0 Å². The second-order valence-corrected chi connectivity index (χ2v) is 4.92. The molecule has 0 radical (unpaired) electrons. The van der Waals surface area contributed by atoms with Crippen molar-refractivity contribution < 1.29 is 0 Å². The molecule has 1 aliphatic rings. The van der Waals surface area contributed by atoms with Gasteiger partial charge in [0.05, 0.1) is 0 Å². The quantitative estimate of drug-likeness (QED) is 0.850. The Morgan fingerprint density at radius 2 is 2.38 bits per heavy atom. The van der Waals surface area contributed by atoms with Crippen LogP contribution in [0.3, 0.4) is 0 Å². The van der Waals surface area contributed by atoms with Gasteiger partial charge in [0.1, 0.15) is 5.82 Å². The van der Waals surface area contributed by atoms with Crippen LogP contribution in [0.25, 0.3) is 0 Å². The lowest BCUT2D eigenvalue weighted by atomic mass is 10.2. The fourth-order valence-corrected chi connectivity index (χ4v) is 2.93. The number of anilines is 1. The molecule has 0 saturated carbocycles. The van der Waals surface area contributed by atoms with Crippen molar-refractivity contribution in [2.45, 2.75) is 39.2 Å². The lowest BCUT2D eigenvalue weighted by Crippen LogP contribution is -2.37. The maximum atomic E-state index is 4.60. The van der Waals surface area contributed by atoms with Crippen molar-refractivity contribution in [3.63, 3.8) is 0 Å². The van der Waals surface area contributed by atoms with Gasteiger partial charge in [0.15, 0.2) is 0 Å². The van der Waals surface area contributed by atoms with E-state index in [1.165, 1.54) is 6.42 Å². The summed E-state index contributed by atoms with van der Waals surface area (Å²) in [6, 6.07) is 0.609. The molecule has 0 aliphatic carbocycles. The summed E-state index contributed by atoms with van der Waals surface area (Å²) < 4.78 is 4.38. The van der Waals surface area contributed by atoms with Crippen molar-refractivity contribution in [3.05, 3.63) is 5.82 Å². The number of hydrogen-bond acceptors (Lipinski definition) is 5. The van der Waals surface area contributed by atoms with Crippen LogP contribution in [0.15, 0.2) is 0 Å². The van der Waals surface area contributed by atoms with Gasteiger partial charge in [0.2, 0.25) is 5.13 Å². The fourth-order valence-electron chi connectivity index (χ4n) is 2.09. The zero-order valence-corrected chi connectivity index (χ0v) is 10.9. The summed E-state index contributed by atoms with van der Waals surface area (Å²) in [5, 5.41) is 4.52. The first-order chi connectivity index (χ1) is 7.85. The molecule has 1 saturated heterocycles. The smallest absolute Gasteiger partial charge is 0.205 e. The predicted octanol–water partition coefficient (Wildman–Crippen LogP) is 1.68. The molecule has 2 heterocycles. The topological polar surface area (TPSA) is 41.1 Å². The fraction of sp³-hybridized carbons (Fsp3) is 0.818. The zero-order chi connectivity index (χ0) is 11.4. The maximum absolute atomic E-state index is 4.60. The summed E-state index contributed by atoms with van der Waals surface area (Å²) in [6.45, 7) is 7.63. The van der Waals surface area contributed by atoms with Crippen LogP contribution in [0.4, 0.5) is 5.13 Å². The van der Waals surface area contributed by atoms with E-state index in [1.54, 1.807) is 11.5 Å². The van der Waals surface area contributed by atoms with Gasteiger partial charge < -0.3 is 10.2 Å². The summed E-state index contributed by atoms with van der Waals surface area (Å²) >= 11 is 1.55. The molecule has 90 valence electrons. The largest absolute Gasteiger partial charge is 0.343 e. The van der Waals surface area contributed by atoms with Crippen molar-refractivity contribution in [1.29, 1.82) is 0 Å². The molecule has 1 unspecified atom stereocenters. The van der Waals surface area contributed by atoms with E-state index in [9.17, 15) is 0 Å². The van der Waals surface area contributed by atoms with Crippen LogP contribution in [0.5, 0.6) is 0 Å². The van der Waals surface area contributed by atoms with Gasteiger partial charge in [0, 0.05) is 37.1 Å². The first-order valence-corrected chi connectivity index (χ1v) is 6.92. The molecular formula is C11H20N4S. The summed E-state index contributed by atoms with van der Waals surface area (Å²) in [5.41, 5.74) is 0. The van der Waals surface area contributed by atoms with Gasteiger partial charge >= 0.3 is 0 Å². The third-order valence-corrected chi connectivity index (χ3v) is 3.75. The van der Waals surface area contributed by atoms with E-state index >= 15 is 0 Å². The van der Waals surface area contributed by atoms with Crippen LogP contribution >= 0.6 is 11.5 Å². The number of aryl methyl sites for hydroxylation is 1. The standard InChI is InChI=1S/C11H20N4S/c1-3-7-15(9-5-6-12-8-9)11-13-10(4-2)14-16-11/h9,12H,3-8H2,1-2H3. The van der Waals surface area contributed by atoms with E-state index in [4.69, 9.17) is 0 Å². The predicted molar refractivity (Wildman–Crippen MR) is 68.2 cm³/mol. The van der Waals surface area contributed by atoms with Crippen molar-refractivity contribution in [2.24, 2.45) is 0 Å². The molecule has 1 N–H and O–H groups in total. The van der Waals surface area contributed by atoms with Gasteiger partial charge in [-0.25, -0.2) is 4.98 Å². The molecule has 1 fully saturated rings. The SMILES string of the molecule is CCCN(c1nc(CC)ns1)C1CCNC1. The van der Waals surface area contributed by atoms with Crippen molar-refractivity contribution >= 4 is 16.7 Å². The molecule has 0 spiro atoms. The first-order valence-electron chi connectivity index (χ1n) is 6.15. The Labute approximate surface area is 101 Å². The molecular weight excluding hydrogens is 220 g/mol. The van der Waals surface area contributed by atoms with Gasteiger partial charge in [-0.3, -0.25) is 0 Å². The number of rotatable bonds is 5. The van der Waals surface area contributed by atoms with Crippen molar-refractivity contribution in [3.8, 4) is 0 Å². The monoisotopic (exact) mass is 240 g/mol. The van der Waals surface area contributed by atoms with Crippen LogP contribution in [0, 0.1) is 0 Å². The second-order valence-electron chi connectivity index (χ2n) is 4.19. The molecule has 2 rings (SSSR count). The van der Waals surface area contributed by atoms with Crippen molar-refractivity contribution in [1.82, 2.24) is 14.7 Å². The first kappa shape index (κ1) is 11.8. The van der Waals surface area contributed by atoms with Gasteiger partial charge in [-0.15, -0.1) is 0 Å². The molecule has 1 aromatic rings. The van der Waals surface area contributed by atoms with Crippen LogP contribution in [0.1, 0.15) is 32.5 Å². The Hall–Kier alpha value is -0.680. The van der Waals surface area contributed by atoms with E-state index in [-0.39, 0.29) is 0 Å². The highest BCUT2D eigenvalue weighted by molar-refractivity contribution is 7.09. The lowest BCUT2D eigenvalue weighted by Gasteiger charge is -2.27. The Morgan fingerprint density at radius 3 is 2.94 bits per heavy atom.